The van der Waals surface area contributed by atoms with Crippen LogP contribution in [0.1, 0.15) is 37.4 Å². The van der Waals surface area contributed by atoms with Crippen molar-refractivity contribution in [3.63, 3.8) is 0 Å². The normalized spacial score (nSPS) is 12.1. The van der Waals surface area contributed by atoms with Gasteiger partial charge in [0.1, 0.15) is 0 Å². The standard InChI is InChI=1S/C22H24N2O2/c1-3-20(16-10-6-5-7-11-16)24(4-2)21(25)15-18-14-17-12-8-9-13-19(17)23-22(18)26/h5-14,20H,3-4,15H2,1-2H3,(H,23,26)/t20-/m0/s1. The largest absolute Gasteiger partial charge is 0.336 e. The molecule has 4 heteroatoms. The van der Waals surface area contributed by atoms with Gasteiger partial charge in [-0.3, -0.25) is 9.59 Å². The van der Waals surface area contributed by atoms with Gasteiger partial charge in [0.05, 0.1) is 12.5 Å². The molecule has 1 N–H and O–H groups in total. The number of aromatic amines is 1. The number of aromatic nitrogens is 1. The molecular weight excluding hydrogens is 324 g/mol. The van der Waals surface area contributed by atoms with Crippen LogP contribution in [0.15, 0.2) is 65.5 Å². The van der Waals surface area contributed by atoms with Crippen molar-refractivity contribution in [1.82, 2.24) is 9.88 Å². The van der Waals surface area contributed by atoms with Crippen LogP contribution in [0, 0.1) is 0 Å². The molecule has 0 saturated carbocycles. The van der Waals surface area contributed by atoms with E-state index in [1.165, 1.54) is 0 Å². The molecule has 0 saturated heterocycles. The number of hydrogen-bond donors (Lipinski definition) is 1. The van der Waals surface area contributed by atoms with Gasteiger partial charge in [0, 0.05) is 17.6 Å². The Kier molecular flexibility index (Phi) is 5.52. The van der Waals surface area contributed by atoms with E-state index in [-0.39, 0.29) is 23.9 Å². The van der Waals surface area contributed by atoms with E-state index in [9.17, 15) is 9.59 Å². The van der Waals surface area contributed by atoms with Gasteiger partial charge < -0.3 is 9.88 Å². The third-order valence-electron chi connectivity index (χ3n) is 4.78. The van der Waals surface area contributed by atoms with Crippen LogP contribution in [-0.2, 0) is 11.2 Å². The van der Waals surface area contributed by atoms with Crippen molar-refractivity contribution in [2.75, 3.05) is 6.54 Å². The lowest BCUT2D eigenvalue weighted by atomic mass is 10.0. The fourth-order valence-electron chi connectivity index (χ4n) is 3.47. The van der Waals surface area contributed by atoms with Crippen LogP contribution in [0.2, 0.25) is 0 Å². The Morgan fingerprint density at radius 2 is 1.73 bits per heavy atom. The lowest BCUT2D eigenvalue weighted by molar-refractivity contribution is -0.132. The molecule has 0 aliphatic heterocycles. The lowest BCUT2D eigenvalue weighted by Crippen LogP contribution is -2.36. The first kappa shape index (κ1) is 17.9. The quantitative estimate of drug-likeness (QED) is 0.730. The second-order valence-corrected chi connectivity index (χ2v) is 6.40. The number of hydrogen-bond acceptors (Lipinski definition) is 2. The summed E-state index contributed by atoms with van der Waals surface area (Å²) in [7, 11) is 0. The Hall–Kier alpha value is -2.88. The first-order valence-corrected chi connectivity index (χ1v) is 9.09. The van der Waals surface area contributed by atoms with E-state index >= 15 is 0 Å². The van der Waals surface area contributed by atoms with E-state index in [0.29, 0.717) is 12.1 Å². The summed E-state index contributed by atoms with van der Waals surface area (Å²) < 4.78 is 0. The van der Waals surface area contributed by atoms with Gasteiger partial charge in [0.15, 0.2) is 0 Å². The van der Waals surface area contributed by atoms with E-state index in [1.54, 1.807) is 0 Å². The molecule has 0 unspecified atom stereocenters. The molecule has 3 aromatic rings. The summed E-state index contributed by atoms with van der Waals surface area (Å²) in [5.74, 6) is -0.0241. The molecule has 0 aliphatic rings. The maximum atomic E-state index is 13.0. The highest BCUT2D eigenvalue weighted by atomic mass is 16.2. The highest BCUT2D eigenvalue weighted by molar-refractivity contribution is 5.83. The average Bonchev–Trinajstić information content (AvgIpc) is 2.67. The first-order chi connectivity index (χ1) is 12.6. The third-order valence-corrected chi connectivity index (χ3v) is 4.78. The topological polar surface area (TPSA) is 53.2 Å². The number of pyridine rings is 1. The van der Waals surface area contributed by atoms with Gasteiger partial charge in [-0.2, -0.15) is 0 Å². The zero-order valence-electron chi connectivity index (χ0n) is 15.2. The lowest BCUT2D eigenvalue weighted by Gasteiger charge is -2.30. The number of carbonyl (C=O) groups excluding carboxylic acids is 1. The van der Waals surface area contributed by atoms with Crippen LogP contribution >= 0.6 is 0 Å². The van der Waals surface area contributed by atoms with Gasteiger partial charge in [-0.05, 0) is 36.4 Å². The monoisotopic (exact) mass is 348 g/mol. The van der Waals surface area contributed by atoms with Gasteiger partial charge in [-0.1, -0.05) is 55.5 Å². The molecule has 1 heterocycles. The number of nitrogens with zero attached hydrogens (tertiary/aromatic N) is 1. The summed E-state index contributed by atoms with van der Waals surface area (Å²) in [5.41, 5.74) is 2.23. The first-order valence-electron chi connectivity index (χ1n) is 9.09. The number of rotatable bonds is 6. The van der Waals surface area contributed by atoms with Crippen molar-refractivity contribution in [3.8, 4) is 0 Å². The Balaban J connectivity index is 1.87. The zero-order valence-corrected chi connectivity index (χ0v) is 15.2. The molecule has 1 amide bonds. The van der Waals surface area contributed by atoms with Gasteiger partial charge in [0.25, 0.3) is 5.56 Å². The van der Waals surface area contributed by atoms with Crippen LogP contribution in [-0.4, -0.2) is 22.3 Å². The maximum absolute atomic E-state index is 13.0. The zero-order chi connectivity index (χ0) is 18.5. The average molecular weight is 348 g/mol. The van der Waals surface area contributed by atoms with Crippen LogP contribution in [0.4, 0.5) is 0 Å². The van der Waals surface area contributed by atoms with E-state index in [2.05, 4.69) is 11.9 Å². The highest BCUT2D eigenvalue weighted by Crippen LogP contribution is 2.24. The van der Waals surface area contributed by atoms with E-state index < -0.39 is 0 Å². The Bertz CT molecular complexity index is 947. The number of carbonyl (C=O) groups is 1. The fraction of sp³-hybridized carbons (Fsp3) is 0.273. The molecule has 1 atom stereocenters. The molecule has 0 spiro atoms. The molecule has 2 aromatic carbocycles. The fourth-order valence-corrected chi connectivity index (χ4v) is 3.47. The minimum atomic E-state index is -0.194. The van der Waals surface area contributed by atoms with Gasteiger partial charge in [0.2, 0.25) is 5.91 Å². The molecular formula is C22H24N2O2. The predicted octanol–water partition coefficient (Wildman–Crippen LogP) is 4.07. The van der Waals surface area contributed by atoms with Crippen LogP contribution in [0.25, 0.3) is 10.9 Å². The van der Waals surface area contributed by atoms with Crippen molar-refractivity contribution in [3.05, 3.63) is 82.1 Å². The predicted molar refractivity (Wildman–Crippen MR) is 105 cm³/mol. The summed E-state index contributed by atoms with van der Waals surface area (Å²) >= 11 is 0. The number of amides is 1. The van der Waals surface area contributed by atoms with Crippen LogP contribution in [0.5, 0.6) is 0 Å². The molecule has 26 heavy (non-hydrogen) atoms. The molecule has 1 aromatic heterocycles. The minimum Gasteiger partial charge on any atom is -0.336 e. The number of para-hydroxylation sites is 1. The van der Waals surface area contributed by atoms with Crippen molar-refractivity contribution in [2.24, 2.45) is 0 Å². The number of nitrogens with one attached hydrogen (secondary N) is 1. The summed E-state index contributed by atoms with van der Waals surface area (Å²) in [4.78, 5) is 30.1. The van der Waals surface area contributed by atoms with Gasteiger partial charge >= 0.3 is 0 Å². The Labute approximate surface area is 153 Å². The molecule has 0 fully saturated rings. The number of H-pyrrole nitrogens is 1. The summed E-state index contributed by atoms with van der Waals surface area (Å²) in [5, 5.41) is 0.938. The van der Waals surface area contributed by atoms with Crippen LogP contribution < -0.4 is 5.56 Å². The van der Waals surface area contributed by atoms with Gasteiger partial charge in [-0.25, -0.2) is 0 Å². The van der Waals surface area contributed by atoms with E-state index in [0.717, 1.165) is 22.9 Å². The van der Waals surface area contributed by atoms with Crippen LogP contribution in [0.3, 0.4) is 0 Å². The molecule has 0 bridgehead atoms. The molecule has 0 radical (unpaired) electrons. The van der Waals surface area contributed by atoms with E-state index in [1.807, 2.05) is 72.5 Å². The number of likely N-dealkylation sites (N-methyl/N-ethyl adjacent to an activating group) is 1. The SMILES string of the molecule is CC[C@@H](c1ccccc1)N(CC)C(=O)Cc1cc2ccccc2[nH]c1=O. The molecule has 0 aliphatic carbocycles. The Morgan fingerprint density at radius 3 is 2.42 bits per heavy atom. The number of benzene rings is 2. The second kappa shape index (κ2) is 8.00. The minimum absolute atomic E-state index is 0.0215. The molecule has 4 nitrogen and oxygen atoms in total. The smallest absolute Gasteiger partial charge is 0.252 e. The molecule has 134 valence electrons. The molecule has 3 rings (SSSR count). The summed E-state index contributed by atoms with van der Waals surface area (Å²) in [6.07, 6.45) is 0.939. The number of fused-ring (bicyclic) bond motifs is 1. The van der Waals surface area contributed by atoms with Crippen molar-refractivity contribution < 1.29 is 4.79 Å². The second-order valence-electron chi connectivity index (χ2n) is 6.40. The maximum Gasteiger partial charge on any atom is 0.252 e. The summed E-state index contributed by atoms with van der Waals surface area (Å²) in [6, 6.07) is 19.5. The van der Waals surface area contributed by atoms with Crippen molar-refractivity contribution in [2.45, 2.75) is 32.7 Å². The summed E-state index contributed by atoms with van der Waals surface area (Å²) in [6.45, 7) is 4.67. The van der Waals surface area contributed by atoms with E-state index in [4.69, 9.17) is 0 Å². The van der Waals surface area contributed by atoms with Crippen molar-refractivity contribution >= 4 is 16.8 Å². The Morgan fingerprint density at radius 1 is 1.04 bits per heavy atom. The van der Waals surface area contributed by atoms with Gasteiger partial charge in [-0.15, -0.1) is 0 Å². The highest BCUT2D eigenvalue weighted by Gasteiger charge is 2.23. The van der Waals surface area contributed by atoms with Crippen molar-refractivity contribution in [1.29, 1.82) is 0 Å². The third kappa shape index (κ3) is 3.69.